The van der Waals surface area contributed by atoms with Gasteiger partial charge >= 0.3 is 0 Å². The molecule has 1 heterocycles. The smallest absolute Gasteiger partial charge is 0.245 e. The van der Waals surface area contributed by atoms with Crippen LogP contribution in [-0.4, -0.2) is 17.1 Å². The fourth-order valence-electron chi connectivity index (χ4n) is 1.17. The summed E-state index contributed by atoms with van der Waals surface area (Å²) in [6.45, 7) is 0. The highest BCUT2D eigenvalue weighted by atomic mass is 16.5. The fraction of sp³-hybridized carbons (Fsp3) is 0.0909. The number of anilines is 1. The van der Waals surface area contributed by atoms with Crippen molar-refractivity contribution >= 4 is 5.69 Å². The predicted molar refractivity (Wildman–Crippen MR) is 59.5 cm³/mol. The van der Waals surface area contributed by atoms with E-state index in [0.29, 0.717) is 17.3 Å². The quantitative estimate of drug-likeness (QED) is 0.849. The normalized spacial score (nSPS) is 9.81. The summed E-state index contributed by atoms with van der Waals surface area (Å²) < 4.78 is 10.5. The summed E-state index contributed by atoms with van der Waals surface area (Å²) in [5.74, 6) is 1.76. The second-order valence-electron chi connectivity index (χ2n) is 3.06. The van der Waals surface area contributed by atoms with Gasteiger partial charge in [0.25, 0.3) is 0 Å². The Morgan fingerprint density at radius 1 is 1.12 bits per heavy atom. The van der Waals surface area contributed by atoms with E-state index in [0.717, 1.165) is 5.75 Å². The van der Waals surface area contributed by atoms with Crippen molar-refractivity contribution in [3.63, 3.8) is 0 Å². The van der Waals surface area contributed by atoms with Crippen LogP contribution in [0.5, 0.6) is 17.4 Å². The molecule has 82 valence electrons. The molecule has 1 aromatic heterocycles. The van der Waals surface area contributed by atoms with E-state index in [1.807, 2.05) is 0 Å². The highest BCUT2D eigenvalue weighted by molar-refractivity contribution is 5.47. The molecular weight excluding hydrogens is 206 g/mol. The van der Waals surface area contributed by atoms with Gasteiger partial charge in [-0.3, -0.25) is 0 Å². The molecule has 0 saturated carbocycles. The predicted octanol–water partition coefficient (Wildman–Crippen LogP) is 1.86. The minimum absolute atomic E-state index is 0.347. The molecule has 0 aliphatic carbocycles. The van der Waals surface area contributed by atoms with Crippen molar-refractivity contribution in [3.05, 3.63) is 36.8 Å². The average molecular weight is 217 g/mol. The van der Waals surface area contributed by atoms with Crippen molar-refractivity contribution in [3.8, 4) is 17.4 Å². The van der Waals surface area contributed by atoms with E-state index in [-0.39, 0.29) is 0 Å². The Balaban J connectivity index is 2.18. The molecule has 0 unspecified atom stereocenters. The summed E-state index contributed by atoms with van der Waals surface area (Å²) >= 11 is 0. The van der Waals surface area contributed by atoms with Gasteiger partial charge in [0, 0.05) is 0 Å². The first-order valence-corrected chi connectivity index (χ1v) is 4.67. The molecule has 0 aliphatic rings. The first kappa shape index (κ1) is 10.2. The number of aromatic nitrogens is 2. The van der Waals surface area contributed by atoms with Crippen LogP contribution in [0, 0.1) is 0 Å². The van der Waals surface area contributed by atoms with Crippen LogP contribution in [0.25, 0.3) is 0 Å². The Morgan fingerprint density at radius 2 is 1.81 bits per heavy atom. The van der Waals surface area contributed by atoms with Gasteiger partial charge in [0.15, 0.2) is 0 Å². The second kappa shape index (κ2) is 4.48. The third kappa shape index (κ3) is 2.20. The fourth-order valence-corrected chi connectivity index (χ4v) is 1.17. The maximum Gasteiger partial charge on any atom is 0.245 e. The lowest BCUT2D eigenvalue weighted by atomic mass is 10.3. The molecule has 5 nitrogen and oxygen atoms in total. The van der Waals surface area contributed by atoms with Crippen LogP contribution in [-0.2, 0) is 0 Å². The topological polar surface area (TPSA) is 70.3 Å². The van der Waals surface area contributed by atoms with Gasteiger partial charge in [-0.05, 0) is 24.3 Å². The molecule has 2 N–H and O–H groups in total. The number of rotatable bonds is 3. The first-order chi connectivity index (χ1) is 7.79. The second-order valence-corrected chi connectivity index (χ2v) is 3.06. The van der Waals surface area contributed by atoms with E-state index >= 15 is 0 Å². The summed E-state index contributed by atoms with van der Waals surface area (Å²) in [6, 6.07) is 7.15. The molecule has 0 radical (unpaired) electrons. The average Bonchev–Trinajstić information content (AvgIpc) is 2.33. The van der Waals surface area contributed by atoms with E-state index in [9.17, 15) is 0 Å². The molecule has 0 atom stereocenters. The highest BCUT2D eigenvalue weighted by Crippen LogP contribution is 2.25. The van der Waals surface area contributed by atoms with Gasteiger partial charge in [0.05, 0.1) is 13.3 Å². The molecule has 0 spiro atoms. The zero-order valence-electron chi connectivity index (χ0n) is 8.75. The van der Waals surface area contributed by atoms with Crippen LogP contribution in [0.15, 0.2) is 36.8 Å². The van der Waals surface area contributed by atoms with Crippen LogP contribution >= 0.6 is 0 Å². The van der Waals surface area contributed by atoms with Crippen LogP contribution in [0.2, 0.25) is 0 Å². The molecule has 0 saturated heterocycles. The maximum atomic E-state index is 5.65. The maximum absolute atomic E-state index is 5.65. The molecule has 0 aliphatic heterocycles. The van der Waals surface area contributed by atoms with Gasteiger partial charge in [0.1, 0.15) is 23.5 Å². The van der Waals surface area contributed by atoms with E-state index in [4.69, 9.17) is 15.2 Å². The molecule has 1 aromatic carbocycles. The molecular formula is C11H11N3O2. The molecule has 2 rings (SSSR count). The van der Waals surface area contributed by atoms with Crippen molar-refractivity contribution in [2.75, 3.05) is 12.8 Å². The van der Waals surface area contributed by atoms with Gasteiger partial charge in [-0.15, -0.1) is 0 Å². The lowest BCUT2D eigenvalue weighted by Gasteiger charge is -2.06. The van der Waals surface area contributed by atoms with Crippen LogP contribution in [0.4, 0.5) is 5.69 Å². The minimum Gasteiger partial charge on any atom is -0.497 e. The number of methoxy groups -OCH3 is 1. The molecule has 0 fully saturated rings. The van der Waals surface area contributed by atoms with Gasteiger partial charge in [0.2, 0.25) is 5.88 Å². The van der Waals surface area contributed by atoms with Crippen LogP contribution < -0.4 is 15.2 Å². The van der Waals surface area contributed by atoms with E-state index in [1.165, 1.54) is 12.5 Å². The largest absolute Gasteiger partial charge is 0.497 e. The van der Waals surface area contributed by atoms with Crippen molar-refractivity contribution in [2.24, 2.45) is 0 Å². The Bertz CT molecular complexity index is 471. The zero-order valence-corrected chi connectivity index (χ0v) is 8.75. The monoisotopic (exact) mass is 217 g/mol. The molecule has 5 heteroatoms. The summed E-state index contributed by atoms with van der Waals surface area (Å²) in [5, 5.41) is 0. The van der Waals surface area contributed by atoms with Crippen molar-refractivity contribution in [1.29, 1.82) is 0 Å². The molecule has 0 bridgehead atoms. The number of hydrogen-bond acceptors (Lipinski definition) is 5. The van der Waals surface area contributed by atoms with Crippen LogP contribution in [0.1, 0.15) is 0 Å². The van der Waals surface area contributed by atoms with Crippen molar-refractivity contribution < 1.29 is 9.47 Å². The van der Waals surface area contributed by atoms with Gasteiger partial charge in [-0.25, -0.2) is 4.98 Å². The number of nitrogens with two attached hydrogens (primary N) is 1. The Hall–Kier alpha value is -2.30. The zero-order chi connectivity index (χ0) is 11.4. The van der Waals surface area contributed by atoms with Crippen molar-refractivity contribution in [1.82, 2.24) is 9.97 Å². The highest BCUT2D eigenvalue weighted by Gasteiger charge is 2.03. The number of ether oxygens (including phenoxy) is 2. The SMILES string of the molecule is COc1ccc(Oc2ncncc2N)cc1. The van der Waals surface area contributed by atoms with Gasteiger partial charge < -0.3 is 15.2 Å². The Morgan fingerprint density at radius 3 is 2.44 bits per heavy atom. The summed E-state index contributed by atoms with van der Waals surface area (Å²) in [7, 11) is 1.61. The van der Waals surface area contributed by atoms with Gasteiger partial charge in [-0.1, -0.05) is 0 Å². The summed E-state index contributed by atoms with van der Waals surface area (Å²) in [5.41, 5.74) is 6.05. The lowest BCUT2D eigenvalue weighted by molar-refractivity contribution is 0.412. The minimum atomic E-state index is 0.347. The van der Waals surface area contributed by atoms with E-state index < -0.39 is 0 Å². The standard InChI is InChI=1S/C11H11N3O2/c1-15-8-2-4-9(5-3-8)16-11-10(12)6-13-7-14-11/h2-7H,12H2,1H3. The number of benzene rings is 1. The number of hydrogen-bond donors (Lipinski definition) is 1. The Labute approximate surface area is 92.9 Å². The molecule has 2 aromatic rings. The van der Waals surface area contributed by atoms with E-state index in [2.05, 4.69) is 9.97 Å². The number of nitrogens with zero attached hydrogens (tertiary/aromatic N) is 2. The summed E-state index contributed by atoms with van der Waals surface area (Å²) in [4.78, 5) is 7.70. The Kier molecular flexibility index (Phi) is 2.86. The number of nitrogen functional groups attached to an aromatic ring is 1. The molecule has 0 amide bonds. The third-order valence-electron chi connectivity index (χ3n) is 1.98. The molecule has 16 heavy (non-hydrogen) atoms. The first-order valence-electron chi connectivity index (χ1n) is 4.67. The van der Waals surface area contributed by atoms with Crippen LogP contribution in [0.3, 0.4) is 0 Å². The van der Waals surface area contributed by atoms with Crippen molar-refractivity contribution in [2.45, 2.75) is 0 Å². The van der Waals surface area contributed by atoms with Gasteiger partial charge in [-0.2, -0.15) is 4.98 Å². The summed E-state index contributed by atoms with van der Waals surface area (Å²) in [6.07, 6.45) is 2.88. The third-order valence-corrected chi connectivity index (χ3v) is 1.98. The lowest BCUT2D eigenvalue weighted by Crippen LogP contribution is -1.95. The van der Waals surface area contributed by atoms with E-state index in [1.54, 1.807) is 31.4 Å².